The minimum absolute atomic E-state index is 0.0438. The van der Waals surface area contributed by atoms with Gasteiger partial charge in [0.15, 0.2) is 17.1 Å². The Balaban J connectivity index is 1.17. The molecule has 3 amide bonds. The molecule has 12 heteroatoms. The molecule has 4 bridgehead atoms. The van der Waals surface area contributed by atoms with Crippen LogP contribution in [0.2, 0.25) is 0 Å². The number of rotatable bonds is 3. The second kappa shape index (κ2) is 12.2. The first-order chi connectivity index (χ1) is 21.9. The van der Waals surface area contributed by atoms with E-state index in [1.54, 1.807) is 46.0 Å². The number of carbonyl (C=O) groups excluding carboxylic acids is 3. The first-order valence-electron chi connectivity index (χ1n) is 15.2. The van der Waals surface area contributed by atoms with Crippen LogP contribution in [-0.2, 0) is 27.4 Å². The maximum atomic E-state index is 13.7. The number of amides is 3. The Bertz CT molecular complexity index is 1750. The number of carbonyl (C=O) groups is 3. The first kappa shape index (κ1) is 28.8. The number of benzene rings is 2. The van der Waals surface area contributed by atoms with Gasteiger partial charge in [-0.3, -0.25) is 18.8 Å². The van der Waals surface area contributed by atoms with Gasteiger partial charge in [-0.1, -0.05) is 18.2 Å². The average molecular weight is 611 g/mol. The molecule has 1 aliphatic carbocycles. The normalized spacial score (nSPS) is 21.0. The summed E-state index contributed by atoms with van der Waals surface area (Å²) in [6.07, 6.45) is 5.36. The predicted octanol–water partition coefficient (Wildman–Crippen LogP) is 2.99. The Morgan fingerprint density at radius 3 is 2.76 bits per heavy atom. The van der Waals surface area contributed by atoms with E-state index < -0.39 is 12.1 Å². The molecule has 1 saturated heterocycles. The predicted molar refractivity (Wildman–Crippen MR) is 162 cm³/mol. The molecule has 4 aliphatic rings. The molecule has 5 heterocycles. The zero-order valence-corrected chi connectivity index (χ0v) is 24.9. The number of aryl methyl sites for hydroxylation is 1. The van der Waals surface area contributed by atoms with Crippen molar-refractivity contribution >= 4 is 23.4 Å². The molecule has 232 valence electrons. The molecule has 0 unspecified atom stereocenters. The fourth-order valence-electron chi connectivity index (χ4n) is 6.03. The second-order valence-electron chi connectivity index (χ2n) is 11.7. The molecule has 1 saturated carbocycles. The number of nitrogens with zero attached hydrogens (tertiary/aromatic N) is 5. The van der Waals surface area contributed by atoms with Gasteiger partial charge in [0.2, 0.25) is 11.8 Å². The largest absolute Gasteiger partial charge is 0.493 e. The van der Waals surface area contributed by atoms with E-state index in [1.807, 2.05) is 42.5 Å². The van der Waals surface area contributed by atoms with Crippen LogP contribution >= 0.6 is 0 Å². The third-order valence-electron chi connectivity index (χ3n) is 8.52. The van der Waals surface area contributed by atoms with E-state index in [1.165, 1.54) is 0 Å². The maximum absolute atomic E-state index is 13.7. The Hall–Kier alpha value is -4.97. The van der Waals surface area contributed by atoms with Crippen molar-refractivity contribution in [3.8, 4) is 17.2 Å². The number of fused-ring (bicyclic) bond motifs is 10. The van der Waals surface area contributed by atoms with Crippen LogP contribution in [0.4, 0.5) is 0 Å². The summed E-state index contributed by atoms with van der Waals surface area (Å²) in [7, 11) is 1.59. The van der Waals surface area contributed by atoms with E-state index in [0.717, 1.165) is 24.0 Å². The lowest BCUT2D eigenvalue weighted by atomic mass is 10.1. The van der Waals surface area contributed by atoms with Gasteiger partial charge in [-0.2, -0.15) is 0 Å². The van der Waals surface area contributed by atoms with Gasteiger partial charge in [-0.05, 0) is 66.8 Å². The quantitative estimate of drug-likeness (QED) is 0.375. The Labute approximate surface area is 259 Å². The van der Waals surface area contributed by atoms with Gasteiger partial charge in [0, 0.05) is 31.7 Å². The minimum atomic E-state index is -0.487. The summed E-state index contributed by atoms with van der Waals surface area (Å²) in [5.74, 6) is 1.17. The number of aromatic nitrogens is 3. The third-order valence-corrected chi connectivity index (χ3v) is 8.52. The molecule has 0 radical (unpaired) electrons. The van der Waals surface area contributed by atoms with Crippen molar-refractivity contribution in [3.05, 3.63) is 83.8 Å². The van der Waals surface area contributed by atoms with Gasteiger partial charge < -0.3 is 29.3 Å². The van der Waals surface area contributed by atoms with Crippen LogP contribution in [0.15, 0.2) is 67.1 Å². The zero-order valence-electron chi connectivity index (χ0n) is 24.9. The molecule has 45 heavy (non-hydrogen) atoms. The van der Waals surface area contributed by atoms with Crippen molar-refractivity contribution in [1.82, 2.24) is 29.7 Å². The average Bonchev–Trinajstić information content (AvgIpc) is 3.63. The molecule has 8 rings (SSSR count). The van der Waals surface area contributed by atoms with E-state index in [9.17, 15) is 14.4 Å². The number of ether oxygens (including phenoxy) is 3. The van der Waals surface area contributed by atoms with Gasteiger partial charge in [0.1, 0.15) is 12.1 Å². The smallest absolute Gasteiger partial charge is 0.257 e. The number of hydrogen-bond donors (Lipinski definition) is 1. The number of likely N-dealkylation sites (tertiary alicyclic amines) is 1. The lowest BCUT2D eigenvalue weighted by molar-refractivity contribution is -0.137. The highest BCUT2D eigenvalue weighted by atomic mass is 16.5. The SMILES string of the molecule is COc1cc2ccc1Oc1cccc(c1)CO[C@H]1CN(C(=O)c3cccn4cnnc34)C[C@@H]1NC(=O)CN(C1CC1)C(=O)CC2. The number of pyridine rings is 1. The van der Waals surface area contributed by atoms with E-state index in [-0.39, 0.29) is 56.4 Å². The molecule has 12 nitrogen and oxygen atoms in total. The second-order valence-corrected chi connectivity index (χ2v) is 11.7. The zero-order chi connectivity index (χ0) is 30.9. The molecule has 2 aromatic heterocycles. The van der Waals surface area contributed by atoms with Gasteiger partial charge >= 0.3 is 0 Å². The topological polar surface area (TPSA) is 128 Å². The maximum Gasteiger partial charge on any atom is 0.257 e. The van der Waals surface area contributed by atoms with E-state index >= 15 is 0 Å². The molecule has 1 N–H and O–H groups in total. The van der Waals surface area contributed by atoms with Crippen molar-refractivity contribution < 1.29 is 28.6 Å². The Morgan fingerprint density at radius 1 is 1.02 bits per heavy atom. The van der Waals surface area contributed by atoms with E-state index in [4.69, 9.17) is 14.2 Å². The van der Waals surface area contributed by atoms with E-state index in [2.05, 4.69) is 15.5 Å². The first-order valence-corrected chi connectivity index (χ1v) is 15.2. The lowest BCUT2D eigenvalue weighted by Gasteiger charge is -2.25. The molecule has 2 aromatic carbocycles. The molecular weight excluding hydrogens is 576 g/mol. The summed E-state index contributed by atoms with van der Waals surface area (Å²) in [4.78, 5) is 43.8. The van der Waals surface area contributed by atoms with Gasteiger partial charge in [0.25, 0.3) is 5.91 Å². The van der Waals surface area contributed by atoms with Crippen LogP contribution < -0.4 is 14.8 Å². The van der Waals surface area contributed by atoms with Crippen molar-refractivity contribution in [3.63, 3.8) is 0 Å². The van der Waals surface area contributed by atoms with Crippen molar-refractivity contribution in [2.75, 3.05) is 26.7 Å². The molecule has 2 atom stereocenters. The minimum Gasteiger partial charge on any atom is -0.493 e. The molecular formula is C33H34N6O6. The summed E-state index contributed by atoms with van der Waals surface area (Å²) >= 11 is 0. The summed E-state index contributed by atoms with van der Waals surface area (Å²) in [6, 6.07) is 16.3. The lowest BCUT2D eigenvalue weighted by Crippen LogP contribution is -2.49. The van der Waals surface area contributed by atoms with Crippen LogP contribution in [0.1, 0.15) is 40.7 Å². The van der Waals surface area contributed by atoms with Crippen LogP contribution in [-0.4, -0.2) is 87.1 Å². The van der Waals surface area contributed by atoms with Crippen molar-refractivity contribution in [2.45, 2.75) is 50.5 Å². The standard InChI is InChI=1S/C33H34N6O6/c1-43-28-15-21-7-11-27(28)45-24-5-2-4-22(14-24)19-44-29-17-38(33(42)25-6-3-13-37-20-34-36-32(25)37)16-26(29)35-30(40)18-39(23-9-10-23)31(41)12-8-21/h2-7,11,13-15,20,23,26,29H,8-10,12,16-19H2,1H3,(H,35,40)/t26-,29-/m0/s1. The number of methoxy groups -OCH3 is 1. The highest BCUT2D eigenvalue weighted by Gasteiger charge is 2.39. The Kier molecular flexibility index (Phi) is 7.80. The van der Waals surface area contributed by atoms with Crippen molar-refractivity contribution in [2.24, 2.45) is 0 Å². The van der Waals surface area contributed by atoms with Crippen LogP contribution in [0.5, 0.6) is 17.2 Å². The van der Waals surface area contributed by atoms with Crippen molar-refractivity contribution in [1.29, 1.82) is 0 Å². The third kappa shape index (κ3) is 6.18. The van der Waals surface area contributed by atoms with Crippen LogP contribution in [0.25, 0.3) is 5.65 Å². The monoisotopic (exact) mass is 610 g/mol. The molecule has 4 aromatic rings. The highest BCUT2D eigenvalue weighted by Crippen LogP contribution is 2.34. The number of hydrogen-bond acceptors (Lipinski definition) is 8. The van der Waals surface area contributed by atoms with Crippen LogP contribution in [0.3, 0.4) is 0 Å². The summed E-state index contributed by atoms with van der Waals surface area (Å²) in [5.41, 5.74) is 2.69. The van der Waals surface area contributed by atoms with Crippen LogP contribution in [0, 0.1) is 0 Å². The summed E-state index contributed by atoms with van der Waals surface area (Å²) in [6.45, 7) is 0.707. The Morgan fingerprint density at radius 2 is 1.91 bits per heavy atom. The summed E-state index contributed by atoms with van der Waals surface area (Å²) < 4.78 is 19.9. The number of nitrogens with one attached hydrogen (secondary N) is 1. The summed E-state index contributed by atoms with van der Waals surface area (Å²) in [5, 5.41) is 11.1. The molecule has 2 fully saturated rings. The van der Waals surface area contributed by atoms with E-state index in [0.29, 0.717) is 34.9 Å². The van der Waals surface area contributed by atoms with Gasteiger partial charge in [-0.15, -0.1) is 10.2 Å². The molecule has 3 aliphatic heterocycles. The highest BCUT2D eigenvalue weighted by molar-refractivity contribution is 6.00. The van der Waals surface area contributed by atoms with Gasteiger partial charge in [-0.25, -0.2) is 0 Å². The molecule has 0 spiro atoms. The fourth-order valence-corrected chi connectivity index (χ4v) is 6.03. The fraction of sp³-hybridized carbons (Fsp3) is 0.364. The van der Waals surface area contributed by atoms with Gasteiger partial charge in [0.05, 0.1) is 38.0 Å².